The molecule has 106 valence electrons. The van der Waals surface area contributed by atoms with Gasteiger partial charge >= 0.3 is 0 Å². The van der Waals surface area contributed by atoms with Crippen LogP contribution in [0, 0.1) is 12.7 Å². The Morgan fingerprint density at radius 1 is 1.26 bits per heavy atom. The van der Waals surface area contributed by atoms with Crippen LogP contribution in [0.15, 0.2) is 23.1 Å². The largest absolute Gasteiger partial charge is 0.328 e. The maximum Gasteiger partial charge on any atom is 0.240 e. The molecule has 0 saturated heterocycles. The van der Waals surface area contributed by atoms with Crippen LogP contribution in [-0.4, -0.2) is 20.5 Å². The van der Waals surface area contributed by atoms with Gasteiger partial charge in [0.2, 0.25) is 10.0 Å². The molecule has 0 radical (unpaired) electrons. The van der Waals surface area contributed by atoms with Crippen LogP contribution >= 0.6 is 0 Å². The molecule has 1 aliphatic rings. The topological polar surface area (TPSA) is 72.2 Å². The summed E-state index contributed by atoms with van der Waals surface area (Å²) in [6.45, 7) is 1.60. The first-order valence-electron chi connectivity index (χ1n) is 6.42. The third kappa shape index (κ3) is 3.52. The minimum atomic E-state index is -3.65. The van der Waals surface area contributed by atoms with Gasteiger partial charge in [0, 0.05) is 12.1 Å². The van der Waals surface area contributed by atoms with Gasteiger partial charge in [-0.1, -0.05) is 6.07 Å². The number of rotatable bonds is 3. The van der Waals surface area contributed by atoms with E-state index in [0.717, 1.165) is 31.7 Å². The summed E-state index contributed by atoms with van der Waals surface area (Å²) in [5.41, 5.74) is 6.21. The molecule has 1 saturated carbocycles. The van der Waals surface area contributed by atoms with E-state index in [9.17, 15) is 12.8 Å². The number of nitrogens with one attached hydrogen (secondary N) is 1. The lowest BCUT2D eigenvalue weighted by Crippen LogP contribution is -2.40. The Morgan fingerprint density at radius 3 is 2.47 bits per heavy atom. The monoisotopic (exact) mass is 286 g/mol. The average Bonchev–Trinajstić information content (AvgIpc) is 2.35. The number of aryl methyl sites for hydroxylation is 1. The maximum absolute atomic E-state index is 13.4. The maximum atomic E-state index is 13.4. The molecule has 0 spiro atoms. The first-order chi connectivity index (χ1) is 8.88. The summed E-state index contributed by atoms with van der Waals surface area (Å²) in [6.07, 6.45) is 3.09. The number of benzene rings is 1. The highest BCUT2D eigenvalue weighted by Crippen LogP contribution is 2.20. The first kappa shape index (κ1) is 14.4. The van der Waals surface area contributed by atoms with Crippen molar-refractivity contribution in [3.05, 3.63) is 29.6 Å². The summed E-state index contributed by atoms with van der Waals surface area (Å²) in [5, 5.41) is 0. The minimum absolute atomic E-state index is 0.0227. The predicted octanol–water partition coefficient (Wildman–Crippen LogP) is 1.68. The van der Waals surface area contributed by atoms with Crippen LogP contribution in [0.3, 0.4) is 0 Å². The summed E-state index contributed by atoms with van der Waals surface area (Å²) in [4.78, 5) is -0.0227. The highest BCUT2D eigenvalue weighted by atomic mass is 32.2. The second-order valence-electron chi connectivity index (χ2n) is 5.14. The van der Waals surface area contributed by atoms with Gasteiger partial charge in [-0.3, -0.25) is 0 Å². The van der Waals surface area contributed by atoms with Crippen LogP contribution in [0.25, 0.3) is 0 Å². The zero-order chi connectivity index (χ0) is 14.0. The van der Waals surface area contributed by atoms with E-state index in [1.165, 1.54) is 12.1 Å². The molecule has 4 nitrogen and oxygen atoms in total. The van der Waals surface area contributed by atoms with Gasteiger partial charge < -0.3 is 5.73 Å². The van der Waals surface area contributed by atoms with Crippen LogP contribution in [0.1, 0.15) is 31.2 Å². The van der Waals surface area contributed by atoms with E-state index in [4.69, 9.17) is 5.73 Å². The molecule has 1 fully saturated rings. The van der Waals surface area contributed by atoms with E-state index in [1.54, 1.807) is 6.92 Å². The van der Waals surface area contributed by atoms with Crippen molar-refractivity contribution in [2.75, 3.05) is 0 Å². The Balaban J connectivity index is 2.11. The van der Waals surface area contributed by atoms with Crippen molar-refractivity contribution in [2.45, 2.75) is 49.6 Å². The van der Waals surface area contributed by atoms with E-state index in [1.807, 2.05) is 0 Å². The Bertz CT molecular complexity index is 552. The van der Waals surface area contributed by atoms with Gasteiger partial charge in [0.25, 0.3) is 0 Å². The molecule has 3 N–H and O–H groups in total. The van der Waals surface area contributed by atoms with Gasteiger partial charge in [-0.25, -0.2) is 17.5 Å². The second kappa shape index (κ2) is 5.56. The fraction of sp³-hybridized carbons (Fsp3) is 0.538. The van der Waals surface area contributed by atoms with Gasteiger partial charge in [-0.15, -0.1) is 0 Å². The molecule has 0 aromatic heterocycles. The molecule has 6 heteroatoms. The fourth-order valence-corrected chi connectivity index (χ4v) is 3.58. The summed E-state index contributed by atoms with van der Waals surface area (Å²) in [7, 11) is -3.65. The fourth-order valence-electron chi connectivity index (χ4n) is 2.27. The molecule has 0 unspecified atom stereocenters. The molecule has 0 bridgehead atoms. The van der Waals surface area contributed by atoms with Crippen LogP contribution in [0.4, 0.5) is 4.39 Å². The van der Waals surface area contributed by atoms with Crippen molar-refractivity contribution in [3.8, 4) is 0 Å². The lowest BCUT2D eigenvalue weighted by molar-refractivity contribution is 0.373. The zero-order valence-corrected chi connectivity index (χ0v) is 11.7. The Kier molecular flexibility index (Phi) is 4.23. The van der Waals surface area contributed by atoms with Gasteiger partial charge in [0.05, 0.1) is 4.90 Å². The standard InChI is InChI=1S/C13H19FN2O2S/c1-9-2-7-12(8-13(9)14)19(17,18)16-11-5-3-10(15)4-6-11/h2,7-8,10-11,16H,3-6,15H2,1H3. The van der Waals surface area contributed by atoms with Crippen molar-refractivity contribution in [1.82, 2.24) is 4.72 Å². The lowest BCUT2D eigenvalue weighted by Gasteiger charge is -2.26. The summed E-state index contributed by atoms with van der Waals surface area (Å²) >= 11 is 0. The van der Waals surface area contributed by atoms with Crippen molar-refractivity contribution in [3.63, 3.8) is 0 Å². The molecule has 1 aromatic carbocycles. The molecule has 0 atom stereocenters. The van der Waals surface area contributed by atoms with Gasteiger partial charge in [0.1, 0.15) is 5.82 Å². The van der Waals surface area contributed by atoms with E-state index < -0.39 is 15.8 Å². The number of hydrogen-bond acceptors (Lipinski definition) is 3. The Morgan fingerprint density at radius 2 is 1.89 bits per heavy atom. The van der Waals surface area contributed by atoms with E-state index in [0.29, 0.717) is 5.56 Å². The average molecular weight is 286 g/mol. The number of halogens is 1. The molecule has 1 aromatic rings. The van der Waals surface area contributed by atoms with E-state index in [2.05, 4.69) is 4.72 Å². The first-order valence-corrected chi connectivity index (χ1v) is 7.91. The minimum Gasteiger partial charge on any atom is -0.328 e. The van der Waals surface area contributed by atoms with Crippen molar-refractivity contribution >= 4 is 10.0 Å². The molecule has 19 heavy (non-hydrogen) atoms. The van der Waals surface area contributed by atoms with Crippen LogP contribution in [-0.2, 0) is 10.0 Å². The predicted molar refractivity (Wildman–Crippen MR) is 71.7 cm³/mol. The molecule has 0 amide bonds. The highest BCUT2D eigenvalue weighted by Gasteiger charge is 2.24. The third-order valence-electron chi connectivity index (χ3n) is 3.55. The van der Waals surface area contributed by atoms with Crippen molar-refractivity contribution < 1.29 is 12.8 Å². The summed E-state index contributed by atoms with van der Waals surface area (Å²) in [5.74, 6) is -0.506. The van der Waals surface area contributed by atoms with Crippen molar-refractivity contribution in [2.24, 2.45) is 5.73 Å². The van der Waals surface area contributed by atoms with Crippen LogP contribution < -0.4 is 10.5 Å². The normalized spacial score (nSPS) is 24.4. The quantitative estimate of drug-likeness (QED) is 0.888. The number of nitrogens with two attached hydrogens (primary N) is 1. The molecular formula is C13H19FN2O2S. The van der Waals surface area contributed by atoms with Crippen molar-refractivity contribution in [1.29, 1.82) is 0 Å². The second-order valence-corrected chi connectivity index (χ2v) is 6.86. The van der Waals surface area contributed by atoms with E-state index >= 15 is 0 Å². The van der Waals surface area contributed by atoms with Gasteiger partial charge in [0.15, 0.2) is 0 Å². The molecule has 0 aliphatic heterocycles. The SMILES string of the molecule is Cc1ccc(S(=O)(=O)NC2CCC(N)CC2)cc1F. The molecule has 0 heterocycles. The van der Waals surface area contributed by atoms with E-state index in [-0.39, 0.29) is 17.0 Å². The number of hydrogen-bond donors (Lipinski definition) is 2. The third-order valence-corrected chi connectivity index (χ3v) is 5.07. The van der Waals surface area contributed by atoms with Crippen LogP contribution in [0.5, 0.6) is 0 Å². The highest BCUT2D eigenvalue weighted by molar-refractivity contribution is 7.89. The lowest BCUT2D eigenvalue weighted by atomic mass is 9.93. The van der Waals surface area contributed by atoms with Gasteiger partial charge in [-0.05, 0) is 50.3 Å². The zero-order valence-electron chi connectivity index (χ0n) is 10.9. The summed E-state index contributed by atoms with van der Waals surface area (Å²) in [6, 6.07) is 4.02. The molecule has 1 aliphatic carbocycles. The van der Waals surface area contributed by atoms with Crippen LogP contribution in [0.2, 0.25) is 0 Å². The summed E-state index contributed by atoms with van der Waals surface area (Å²) < 4.78 is 40.3. The number of sulfonamides is 1. The van der Waals surface area contributed by atoms with Gasteiger partial charge in [-0.2, -0.15) is 0 Å². The Labute approximate surface area is 113 Å². The Hall–Kier alpha value is -0.980. The molecular weight excluding hydrogens is 267 g/mol. The molecule has 2 rings (SSSR count). The smallest absolute Gasteiger partial charge is 0.240 e.